The summed E-state index contributed by atoms with van der Waals surface area (Å²) in [5.41, 5.74) is 4.93. The third-order valence-electron chi connectivity index (χ3n) is 4.66. The third kappa shape index (κ3) is 3.79. The van der Waals surface area contributed by atoms with Gasteiger partial charge in [-0.15, -0.1) is 0 Å². The number of anilines is 1. The SMILES string of the molecule is Cc1cc(C(=O)c2c[nH]c3ccc(-c4cccc(NS(C)(=O)=O)c4)cc23)n(C)n1. The summed E-state index contributed by atoms with van der Waals surface area (Å²) in [7, 11) is -1.61. The number of aromatic nitrogens is 3. The normalized spacial score (nSPS) is 11.7. The van der Waals surface area contributed by atoms with Gasteiger partial charge >= 0.3 is 0 Å². The van der Waals surface area contributed by atoms with Crippen molar-refractivity contribution in [2.75, 3.05) is 11.0 Å². The maximum Gasteiger partial charge on any atom is 0.229 e. The molecule has 0 amide bonds. The van der Waals surface area contributed by atoms with Gasteiger partial charge in [0.1, 0.15) is 5.69 Å². The zero-order chi connectivity index (χ0) is 20.8. The fourth-order valence-electron chi connectivity index (χ4n) is 3.43. The zero-order valence-electron chi connectivity index (χ0n) is 16.2. The molecule has 0 saturated heterocycles. The Morgan fingerprint density at radius 1 is 1.10 bits per heavy atom. The van der Waals surface area contributed by atoms with E-state index in [1.165, 1.54) is 0 Å². The van der Waals surface area contributed by atoms with Gasteiger partial charge in [-0.3, -0.25) is 14.2 Å². The molecule has 2 aromatic heterocycles. The monoisotopic (exact) mass is 408 g/mol. The van der Waals surface area contributed by atoms with E-state index in [1.54, 1.807) is 42.2 Å². The number of nitrogens with one attached hydrogen (secondary N) is 2. The molecular weight excluding hydrogens is 388 g/mol. The molecule has 0 spiro atoms. The van der Waals surface area contributed by atoms with Crippen molar-refractivity contribution in [2.45, 2.75) is 6.92 Å². The number of ketones is 1. The van der Waals surface area contributed by atoms with Gasteiger partial charge in [-0.2, -0.15) is 5.10 Å². The quantitative estimate of drug-likeness (QED) is 0.494. The average molecular weight is 408 g/mol. The van der Waals surface area contributed by atoms with Crippen LogP contribution in [0.4, 0.5) is 5.69 Å². The first-order valence-electron chi connectivity index (χ1n) is 8.96. The lowest BCUT2D eigenvalue weighted by atomic mass is 10.0. The summed E-state index contributed by atoms with van der Waals surface area (Å²) in [4.78, 5) is 16.2. The second-order valence-corrected chi connectivity index (χ2v) is 8.79. The van der Waals surface area contributed by atoms with Crippen molar-refractivity contribution < 1.29 is 13.2 Å². The molecule has 2 aromatic carbocycles. The minimum atomic E-state index is -3.36. The molecule has 4 rings (SSSR count). The standard InChI is InChI=1S/C21H20N4O3S/c1-13-9-20(25(2)23-13)21(26)18-12-22-19-8-7-15(11-17(18)19)14-5-4-6-16(10-14)24-29(3,27)28/h4-12,22,24H,1-3H3. The Kier molecular flexibility index (Phi) is 4.50. The number of benzene rings is 2. The summed E-state index contributed by atoms with van der Waals surface area (Å²) in [6.07, 6.45) is 2.82. The van der Waals surface area contributed by atoms with Crippen LogP contribution < -0.4 is 4.72 Å². The van der Waals surface area contributed by atoms with Gasteiger partial charge in [0.2, 0.25) is 15.8 Å². The molecule has 4 aromatic rings. The lowest BCUT2D eigenvalue weighted by Crippen LogP contribution is -2.09. The Labute approximate surface area is 168 Å². The summed E-state index contributed by atoms with van der Waals surface area (Å²) in [5, 5.41) is 5.05. The van der Waals surface area contributed by atoms with Gasteiger partial charge in [-0.05, 0) is 48.4 Å². The number of aromatic amines is 1. The van der Waals surface area contributed by atoms with Crippen LogP contribution in [0.3, 0.4) is 0 Å². The summed E-state index contributed by atoms with van der Waals surface area (Å²) in [6, 6.07) is 14.7. The summed E-state index contributed by atoms with van der Waals surface area (Å²) in [5.74, 6) is -0.107. The second-order valence-electron chi connectivity index (χ2n) is 7.04. The summed E-state index contributed by atoms with van der Waals surface area (Å²) < 4.78 is 27.1. The Hall–Kier alpha value is -3.39. The number of aryl methyl sites for hydroxylation is 2. The van der Waals surface area contributed by atoms with Crippen LogP contribution in [0, 0.1) is 6.92 Å². The van der Waals surface area contributed by atoms with Gasteiger partial charge in [0, 0.05) is 35.4 Å². The Morgan fingerprint density at radius 2 is 1.86 bits per heavy atom. The molecule has 0 aliphatic carbocycles. The van der Waals surface area contributed by atoms with E-state index in [9.17, 15) is 13.2 Å². The predicted octanol–water partition coefficient (Wildman–Crippen LogP) is 3.48. The molecule has 0 fully saturated rings. The topological polar surface area (TPSA) is 96.9 Å². The maximum atomic E-state index is 13.1. The Bertz CT molecular complexity index is 1350. The highest BCUT2D eigenvalue weighted by molar-refractivity contribution is 7.92. The van der Waals surface area contributed by atoms with E-state index >= 15 is 0 Å². The summed E-state index contributed by atoms with van der Waals surface area (Å²) >= 11 is 0. The van der Waals surface area contributed by atoms with E-state index in [-0.39, 0.29) is 5.78 Å². The fraction of sp³-hybridized carbons (Fsp3) is 0.143. The van der Waals surface area contributed by atoms with Crippen molar-refractivity contribution in [3.8, 4) is 11.1 Å². The molecule has 0 aliphatic rings. The number of hydrogen-bond acceptors (Lipinski definition) is 4. The predicted molar refractivity (Wildman–Crippen MR) is 114 cm³/mol. The number of carbonyl (C=O) groups excluding carboxylic acids is 1. The third-order valence-corrected chi connectivity index (χ3v) is 5.27. The van der Waals surface area contributed by atoms with E-state index in [0.29, 0.717) is 16.9 Å². The minimum absolute atomic E-state index is 0.107. The Morgan fingerprint density at radius 3 is 2.55 bits per heavy atom. The van der Waals surface area contributed by atoms with Gasteiger partial charge < -0.3 is 4.98 Å². The molecule has 2 N–H and O–H groups in total. The van der Waals surface area contributed by atoms with E-state index in [2.05, 4.69) is 14.8 Å². The zero-order valence-corrected chi connectivity index (χ0v) is 17.0. The molecule has 2 heterocycles. The number of carbonyl (C=O) groups is 1. The van der Waals surface area contributed by atoms with Crippen molar-refractivity contribution >= 4 is 32.4 Å². The highest BCUT2D eigenvalue weighted by Crippen LogP contribution is 2.29. The molecular formula is C21H20N4O3S. The highest BCUT2D eigenvalue weighted by atomic mass is 32.2. The molecule has 148 valence electrons. The summed E-state index contributed by atoms with van der Waals surface area (Å²) in [6.45, 7) is 1.85. The largest absolute Gasteiger partial charge is 0.360 e. The van der Waals surface area contributed by atoms with Crippen LogP contribution >= 0.6 is 0 Å². The lowest BCUT2D eigenvalue weighted by molar-refractivity contribution is 0.103. The number of rotatable bonds is 5. The van der Waals surface area contributed by atoms with Gasteiger partial charge in [0.25, 0.3) is 0 Å². The van der Waals surface area contributed by atoms with E-state index in [1.807, 2.05) is 31.2 Å². The second kappa shape index (κ2) is 6.89. The fourth-order valence-corrected chi connectivity index (χ4v) is 3.98. The number of sulfonamides is 1. The van der Waals surface area contributed by atoms with Crippen molar-refractivity contribution in [1.29, 1.82) is 0 Å². The van der Waals surface area contributed by atoms with E-state index in [0.717, 1.165) is 34.0 Å². The molecule has 7 nitrogen and oxygen atoms in total. The molecule has 0 unspecified atom stereocenters. The van der Waals surface area contributed by atoms with Gasteiger partial charge in [0.15, 0.2) is 0 Å². The van der Waals surface area contributed by atoms with Crippen LogP contribution in [0.2, 0.25) is 0 Å². The van der Waals surface area contributed by atoms with Crippen LogP contribution in [0.1, 0.15) is 21.7 Å². The molecule has 0 bridgehead atoms. The molecule has 0 atom stereocenters. The van der Waals surface area contributed by atoms with Crippen LogP contribution in [0.25, 0.3) is 22.0 Å². The smallest absolute Gasteiger partial charge is 0.229 e. The van der Waals surface area contributed by atoms with Crippen molar-refractivity contribution in [3.05, 3.63) is 71.7 Å². The highest BCUT2D eigenvalue weighted by Gasteiger charge is 2.18. The van der Waals surface area contributed by atoms with Gasteiger partial charge in [-0.25, -0.2) is 8.42 Å². The van der Waals surface area contributed by atoms with Crippen molar-refractivity contribution in [3.63, 3.8) is 0 Å². The van der Waals surface area contributed by atoms with Crippen molar-refractivity contribution in [2.24, 2.45) is 7.05 Å². The number of nitrogens with zero attached hydrogens (tertiary/aromatic N) is 2. The van der Waals surface area contributed by atoms with E-state index < -0.39 is 10.0 Å². The molecule has 8 heteroatoms. The minimum Gasteiger partial charge on any atom is -0.360 e. The number of fused-ring (bicyclic) bond motifs is 1. The first-order chi connectivity index (χ1) is 13.7. The van der Waals surface area contributed by atoms with Crippen LogP contribution in [0.15, 0.2) is 54.7 Å². The molecule has 0 saturated carbocycles. The molecule has 0 radical (unpaired) electrons. The van der Waals surface area contributed by atoms with Crippen molar-refractivity contribution in [1.82, 2.24) is 14.8 Å². The van der Waals surface area contributed by atoms with Crippen LogP contribution in [-0.2, 0) is 17.1 Å². The average Bonchev–Trinajstić information content (AvgIpc) is 3.22. The first kappa shape index (κ1) is 18.9. The number of hydrogen-bond donors (Lipinski definition) is 2. The van der Waals surface area contributed by atoms with Gasteiger partial charge in [-0.1, -0.05) is 18.2 Å². The van der Waals surface area contributed by atoms with Crippen LogP contribution in [0.5, 0.6) is 0 Å². The van der Waals surface area contributed by atoms with Gasteiger partial charge in [0.05, 0.1) is 11.9 Å². The molecule has 0 aliphatic heterocycles. The van der Waals surface area contributed by atoms with Crippen LogP contribution in [-0.4, -0.2) is 35.2 Å². The first-order valence-corrected chi connectivity index (χ1v) is 10.8. The maximum absolute atomic E-state index is 13.1. The lowest BCUT2D eigenvalue weighted by Gasteiger charge is -2.08. The number of H-pyrrole nitrogens is 1. The van der Waals surface area contributed by atoms with E-state index in [4.69, 9.17) is 0 Å². The Balaban J connectivity index is 1.77. The molecule has 29 heavy (non-hydrogen) atoms.